The molecular weight excluding hydrogens is 426 g/mol. The average Bonchev–Trinajstić information content (AvgIpc) is 3.19. The number of fused-ring (bicyclic) bond motifs is 2. The summed E-state index contributed by atoms with van der Waals surface area (Å²) in [6.07, 6.45) is 9.28. The molecule has 3 heterocycles. The fourth-order valence-corrected chi connectivity index (χ4v) is 4.63. The van der Waals surface area contributed by atoms with E-state index in [0.29, 0.717) is 18.3 Å². The van der Waals surface area contributed by atoms with Crippen LogP contribution in [0.2, 0.25) is 5.02 Å². The summed E-state index contributed by atoms with van der Waals surface area (Å²) in [6.45, 7) is 2.68. The molecule has 0 aliphatic carbocycles. The molecule has 0 saturated carbocycles. The lowest BCUT2D eigenvalue weighted by atomic mass is 9.94. The summed E-state index contributed by atoms with van der Waals surface area (Å²) in [5.41, 5.74) is 3.42. The van der Waals surface area contributed by atoms with Crippen molar-refractivity contribution in [2.75, 3.05) is 18.1 Å². The van der Waals surface area contributed by atoms with E-state index in [1.165, 1.54) is 17.9 Å². The molecule has 1 amide bonds. The van der Waals surface area contributed by atoms with Crippen molar-refractivity contribution < 1.29 is 14.3 Å². The van der Waals surface area contributed by atoms with Crippen LogP contribution in [0, 0.1) is 5.92 Å². The molecule has 32 heavy (non-hydrogen) atoms. The summed E-state index contributed by atoms with van der Waals surface area (Å²) in [5, 5.41) is 4.75. The number of halogens is 1. The van der Waals surface area contributed by atoms with Gasteiger partial charge in [-0.15, -0.1) is 0 Å². The highest BCUT2D eigenvalue weighted by molar-refractivity contribution is 6.31. The van der Waals surface area contributed by atoms with Crippen molar-refractivity contribution in [3.8, 4) is 11.5 Å². The van der Waals surface area contributed by atoms with Gasteiger partial charge in [-0.05, 0) is 55.0 Å². The van der Waals surface area contributed by atoms with Crippen LogP contribution in [-0.4, -0.2) is 30.3 Å². The van der Waals surface area contributed by atoms with Crippen molar-refractivity contribution in [1.29, 1.82) is 0 Å². The summed E-state index contributed by atoms with van der Waals surface area (Å²) < 4.78 is 11.9. The third-order valence-electron chi connectivity index (χ3n) is 6.07. The number of nitrogens with one attached hydrogen (secondary N) is 2. The number of benzene rings is 2. The van der Waals surface area contributed by atoms with Gasteiger partial charge >= 0.3 is 0 Å². The quantitative estimate of drug-likeness (QED) is 0.571. The molecule has 2 aromatic carbocycles. The second kappa shape index (κ2) is 8.79. The molecule has 0 saturated heterocycles. The van der Waals surface area contributed by atoms with Crippen LogP contribution in [0.1, 0.15) is 25.3 Å². The van der Waals surface area contributed by atoms with Gasteiger partial charge in [0.15, 0.2) is 11.5 Å². The van der Waals surface area contributed by atoms with E-state index in [9.17, 15) is 4.79 Å². The monoisotopic (exact) mass is 451 g/mol. The number of aromatic amines is 1. The Kier molecular flexibility index (Phi) is 5.70. The van der Waals surface area contributed by atoms with Crippen LogP contribution in [0.4, 0.5) is 5.69 Å². The van der Waals surface area contributed by atoms with Gasteiger partial charge in [0, 0.05) is 41.8 Å². The molecule has 5 rings (SSSR count). The number of carbonyl (C=O) groups is 1. The standard InChI is InChI=1S/C25H26ClN3O3/c1-16(30)28-24-15-31-25-22(3-2-4-23(25)32-24)29-11-9-17(10-12-29)5-6-18-14-27-21-13-19(26)7-8-20(18)21/h2-4,7-9,11,13-14,17,24,27H,5-6,10,12,15H2,1H3,(H,28,30). The van der Waals surface area contributed by atoms with Crippen LogP contribution in [0.25, 0.3) is 10.9 Å². The lowest BCUT2D eigenvalue weighted by molar-refractivity contribution is -0.122. The van der Waals surface area contributed by atoms with Crippen molar-refractivity contribution >= 4 is 34.1 Å². The summed E-state index contributed by atoms with van der Waals surface area (Å²) in [7, 11) is 0. The van der Waals surface area contributed by atoms with Gasteiger partial charge < -0.3 is 24.7 Å². The van der Waals surface area contributed by atoms with Gasteiger partial charge in [-0.2, -0.15) is 0 Å². The first-order valence-electron chi connectivity index (χ1n) is 11.0. The summed E-state index contributed by atoms with van der Waals surface area (Å²) in [6, 6.07) is 11.9. The molecule has 0 radical (unpaired) electrons. The van der Waals surface area contributed by atoms with Crippen molar-refractivity contribution in [1.82, 2.24) is 10.3 Å². The average molecular weight is 452 g/mol. The number of amides is 1. The Morgan fingerprint density at radius 3 is 3.03 bits per heavy atom. The smallest absolute Gasteiger partial charge is 0.219 e. The Labute approximate surface area is 192 Å². The molecule has 2 N–H and O–H groups in total. The Hall–Kier alpha value is -3.12. The molecule has 2 aliphatic rings. The molecule has 2 atom stereocenters. The minimum absolute atomic E-state index is 0.139. The minimum Gasteiger partial charge on any atom is -0.482 e. The maximum atomic E-state index is 11.3. The van der Waals surface area contributed by atoms with Crippen LogP contribution in [0.3, 0.4) is 0 Å². The number of rotatable bonds is 5. The van der Waals surface area contributed by atoms with Crippen molar-refractivity contribution in [3.05, 3.63) is 65.5 Å². The maximum Gasteiger partial charge on any atom is 0.219 e. The number of H-pyrrole nitrogens is 1. The highest BCUT2D eigenvalue weighted by Gasteiger charge is 2.26. The highest BCUT2D eigenvalue weighted by Crippen LogP contribution is 2.41. The zero-order chi connectivity index (χ0) is 22.1. The lowest BCUT2D eigenvalue weighted by Gasteiger charge is -2.33. The number of ether oxygens (including phenoxy) is 2. The number of nitrogens with zero attached hydrogens (tertiary/aromatic N) is 1. The molecule has 2 aliphatic heterocycles. The first-order chi connectivity index (χ1) is 15.6. The summed E-state index contributed by atoms with van der Waals surface area (Å²) in [4.78, 5) is 16.8. The number of carbonyl (C=O) groups excluding carboxylic acids is 1. The van der Waals surface area contributed by atoms with E-state index >= 15 is 0 Å². The lowest BCUT2D eigenvalue weighted by Crippen LogP contribution is -2.44. The molecule has 0 fully saturated rings. The van der Waals surface area contributed by atoms with E-state index in [2.05, 4.69) is 39.7 Å². The molecule has 0 spiro atoms. The van der Waals surface area contributed by atoms with Gasteiger partial charge in [-0.25, -0.2) is 0 Å². The molecule has 3 aromatic rings. The zero-order valence-corrected chi connectivity index (χ0v) is 18.7. The predicted octanol–water partition coefficient (Wildman–Crippen LogP) is 5.03. The van der Waals surface area contributed by atoms with Crippen LogP contribution >= 0.6 is 11.6 Å². The zero-order valence-electron chi connectivity index (χ0n) is 17.9. The SMILES string of the molecule is CC(=O)NC1COc2c(cccc2N2C=CC(CCc3c[nH]c4cc(Cl)ccc34)CC2)O1. The van der Waals surface area contributed by atoms with Crippen LogP contribution in [0.15, 0.2) is 54.9 Å². The number of hydrogen-bond acceptors (Lipinski definition) is 4. The van der Waals surface area contributed by atoms with Crippen molar-refractivity contribution in [2.24, 2.45) is 5.92 Å². The van der Waals surface area contributed by atoms with E-state index < -0.39 is 6.23 Å². The van der Waals surface area contributed by atoms with Crippen molar-refractivity contribution in [3.63, 3.8) is 0 Å². The molecule has 7 heteroatoms. The van der Waals surface area contributed by atoms with Gasteiger partial charge in [0.2, 0.25) is 12.1 Å². The summed E-state index contributed by atoms with van der Waals surface area (Å²) in [5.74, 6) is 1.78. The third-order valence-corrected chi connectivity index (χ3v) is 6.31. The molecule has 0 bridgehead atoms. The molecule has 6 nitrogen and oxygen atoms in total. The van der Waals surface area contributed by atoms with Gasteiger partial charge in [0.1, 0.15) is 6.61 Å². The Morgan fingerprint density at radius 2 is 2.22 bits per heavy atom. The van der Waals surface area contributed by atoms with Crippen LogP contribution in [-0.2, 0) is 11.2 Å². The number of aryl methyl sites for hydroxylation is 1. The summed E-state index contributed by atoms with van der Waals surface area (Å²) >= 11 is 6.10. The molecule has 166 valence electrons. The Balaban J connectivity index is 1.23. The van der Waals surface area contributed by atoms with E-state index in [1.807, 2.05) is 30.3 Å². The van der Waals surface area contributed by atoms with Gasteiger partial charge in [0.05, 0.1) is 5.69 Å². The first kappa shape index (κ1) is 20.8. The fraction of sp³-hybridized carbons (Fsp3) is 0.320. The number of allylic oxidation sites excluding steroid dienone is 1. The largest absolute Gasteiger partial charge is 0.482 e. The Bertz CT molecular complexity index is 1170. The third kappa shape index (κ3) is 4.28. The topological polar surface area (TPSA) is 66.6 Å². The molecular formula is C25H26ClN3O3. The van der Waals surface area contributed by atoms with Gasteiger partial charge in [0.25, 0.3) is 0 Å². The second-order valence-corrected chi connectivity index (χ2v) is 8.79. The van der Waals surface area contributed by atoms with E-state index in [-0.39, 0.29) is 5.91 Å². The minimum atomic E-state index is -0.461. The van der Waals surface area contributed by atoms with Crippen LogP contribution < -0.4 is 19.7 Å². The van der Waals surface area contributed by atoms with Crippen molar-refractivity contribution in [2.45, 2.75) is 32.4 Å². The molecule has 1 aromatic heterocycles. The van der Waals surface area contributed by atoms with Crippen LogP contribution in [0.5, 0.6) is 11.5 Å². The van der Waals surface area contributed by atoms with Gasteiger partial charge in [-0.3, -0.25) is 4.79 Å². The Morgan fingerprint density at radius 1 is 1.31 bits per heavy atom. The van der Waals surface area contributed by atoms with E-state index in [4.69, 9.17) is 21.1 Å². The van der Waals surface area contributed by atoms with Gasteiger partial charge in [-0.1, -0.05) is 29.8 Å². The number of anilines is 1. The van der Waals surface area contributed by atoms with E-state index in [1.54, 1.807) is 0 Å². The predicted molar refractivity (Wildman–Crippen MR) is 126 cm³/mol. The second-order valence-electron chi connectivity index (χ2n) is 8.35. The number of hydrogen-bond donors (Lipinski definition) is 2. The first-order valence-corrected chi connectivity index (χ1v) is 11.3. The number of aromatic nitrogens is 1. The highest BCUT2D eigenvalue weighted by atomic mass is 35.5. The molecule has 2 unspecified atom stereocenters. The number of para-hydroxylation sites is 1. The van der Waals surface area contributed by atoms with E-state index in [0.717, 1.165) is 47.8 Å². The maximum absolute atomic E-state index is 11.3. The fourth-order valence-electron chi connectivity index (χ4n) is 4.46. The normalized spacial score (nSPS) is 19.9.